The summed E-state index contributed by atoms with van der Waals surface area (Å²) in [6.07, 6.45) is 4.75. The Morgan fingerprint density at radius 2 is 1.71 bits per heavy atom. The summed E-state index contributed by atoms with van der Waals surface area (Å²) in [5, 5.41) is 12.9. The van der Waals surface area contributed by atoms with Crippen molar-refractivity contribution >= 4 is 11.9 Å². The van der Waals surface area contributed by atoms with Gasteiger partial charge < -0.3 is 20.2 Å². The van der Waals surface area contributed by atoms with Gasteiger partial charge in [-0.2, -0.15) is 0 Å². The van der Waals surface area contributed by atoms with Crippen LogP contribution in [0.25, 0.3) is 0 Å². The van der Waals surface area contributed by atoms with Crippen molar-refractivity contribution in [3.05, 3.63) is 0 Å². The predicted molar refractivity (Wildman–Crippen MR) is 79.8 cm³/mol. The second-order valence-electron chi connectivity index (χ2n) is 6.41. The zero-order valence-electron chi connectivity index (χ0n) is 13.0. The molecule has 2 aliphatic rings. The first-order valence-corrected chi connectivity index (χ1v) is 7.93. The van der Waals surface area contributed by atoms with Crippen LogP contribution >= 0.6 is 0 Å². The molecule has 1 saturated carbocycles. The highest BCUT2D eigenvalue weighted by atomic mass is 16.3. The number of carbonyl (C=O) groups excluding carboxylic acids is 2. The molecule has 1 aliphatic heterocycles. The van der Waals surface area contributed by atoms with Crippen LogP contribution in [0.5, 0.6) is 0 Å². The lowest BCUT2D eigenvalue weighted by Crippen LogP contribution is -2.50. The molecule has 120 valence electrons. The smallest absolute Gasteiger partial charge is 0.319 e. The van der Waals surface area contributed by atoms with Crippen LogP contribution < -0.4 is 5.32 Å². The Morgan fingerprint density at radius 1 is 1.10 bits per heavy atom. The number of aliphatic hydroxyl groups is 1. The molecule has 1 saturated heterocycles. The van der Waals surface area contributed by atoms with E-state index in [1.54, 1.807) is 23.9 Å². The normalized spacial score (nSPS) is 27.3. The lowest BCUT2D eigenvalue weighted by Gasteiger charge is -2.35. The largest absolute Gasteiger partial charge is 0.391 e. The van der Waals surface area contributed by atoms with Crippen molar-refractivity contribution in [1.82, 2.24) is 15.1 Å². The molecule has 1 heterocycles. The topological polar surface area (TPSA) is 72.9 Å². The molecule has 0 radical (unpaired) electrons. The lowest BCUT2D eigenvalue weighted by molar-refractivity contribution is -0.128. The maximum Gasteiger partial charge on any atom is 0.319 e. The molecule has 0 spiro atoms. The fraction of sp³-hybridized carbons (Fsp3) is 0.867. The Bertz CT molecular complexity index is 378. The average molecular weight is 297 g/mol. The lowest BCUT2D eigenvalue weighted by atomic mass is 9.90. The highest BCUT2D eigenvalue weighted by molar-refractivity contribution is 5.80. The maximum absolute atomic E-state index is 12.3. The third kappa shape index (κ3) is 4.09. The molecule has 0 unspecified atom stereocenters. The first-order valence-electron chi connectivity index (χ1n) is 7.93. The molecule has 6 nitrogen and oxygen atoms in total. The molecule has 2 atom stereocenters. The van der Waals surface area contributed by atoms with E-state index in [-0.39, 0.29) is 23.9 Å². The molecular weight excluding hydrogens is 270 g/mol. The zero-order chi connectivity index (χ0) is 15.4. The number of nitrogens with one attached hydrogen (secondary N) is 1. The van der Waals surface area contributed by atoms with E-state index in [0.29, 0.717) is 25.9 Å². The first-order chi connectivity index (χ1) is 9.99. The fourth-order valence-corrected chi connectivity index (χ4v) is 3.20. The van der Waals surface area contributed by atoms with E-state index in [2.05, 4.69) is 5.32 Å². The summed E-state index contributed by atoms with van der Waals surface area (Å²) in [6, 6.07) is -0.0794. The molecular formula is C15H27N3O3. The van der Waals surface area contributed by atoms with Gasteiger partial charge in [-0.25, -0.2) is 4.79 Å². The molecule has 6 heteroatoms. The van der Waals surface area contributed by atoms with E-state index in [9.17, 15) is 14.7 Å². The Balaban J connectivity index is 1.79. The highest BCUT2D eigenvalue weighted by Crippen LogP contribution is 2.22. The van der Waals surface area contributed by atoms with Crippen LogP contribution in [0.1, 0.15) is 38.5 Å². The zero-order valence-corrected chi connectivity index (χ0v) is 13.0. The Labute approximate surface area is 126 Å². The molecule has 0 aromatic rings. The average Bonchev–Trinajstić information content (AvgIpc) is 2.49. The Hall–Kier alpha value is -1.30. The van der Waals surface area contributed by atoms with Gasteiger partial charge in [0, 0.05) is 33.1 Å². The fourth-order valence-electron chi connectivity index (χ4n) is 3.20. The van der Waals surface area contributed by atoms with Gasteiger partial charge in [0.15, 0.2) is 0 Å². The second kappa shape index (κ2) is 7.11. The molecule has 0 aromatic carbocycles. The summed E-state index contributed by atoms with van der Waals surface area (Å²) in [6.45, 7) is 1.25. The van der Waals surface area contributed by atoms with E-state index in [0.717, 1.165) is 25.7 Å². The summed E-state index contributed by atoms with van der Waals surface area (Å²) in [7, 11) is 3.48. The van der Waals surface area contributed by atoms with E-state index in [1.807, 2.05) is 0 Å². The van der Waals surface area contributed by atoms with Gasteiger partial charge in [0.2, 0.25) is 5.91 Å². The maximum atomic E-state index is 12.3. The molecule has 2 N–H and O–H groups in total. The van der Waals surface area contributed by atoms with Crippen molar-refractivity contribution in [3.63, 3.8) is 0 Å². The first kappa shape index (κ1) is 16.1. The van der Waals surface area contributed by atoms with E-state index >= 15 is 0 Å². The van der Waals surface area contributed by atoms with Crippen LogP contribution in [-0.4, -0.2) is 66.2 Å². The van der Waals surface area contributed by atoms with Gasteiger partial charge in [-0.3, -0.25) is 4.79 Å². The summed E-state index contributed by atoms with van der Waals surface area (Å²) >= 11 is 0. The number of amides is 3. The van der Waals surface area contributed by atoms with Crippen molar-refractivity contribution in [3.8, 4) is 0 Å². The third-order valence-corrected chi connectivity index (χ3v) is 4.58. The number of piperidine rings is 1. The van der Waals surface area contributed by atoms with Gasteiger partial charge in [-0.1, -0.05) is 12.8 Å². The van der Waals surface area contributed by atoms with Crippen molar-refractivity contribution in [2.75, 3.05) is 27.2 Å². The molecule has 2 rings (SSSR count). The van der Waals surface area contributed by atoms with Crippen LogP contribution in [0.15, 0.2) is 0 Å². The standard InChI is InChI=1S/C15H27N3O3/c1-17(2)15(21)18-9-7-11(8-10-18)14(20)16-12-5-3-4-6-13(12)19/h11-13,19H,3-10H2,1-2H3,(H,16,20)/t12-,13-/m0/s1. The van der Waals surface area contributed by atoms with E-state index in [4.69, 9.17) is 0 Å². The van der Waals surface area contributed by atoms with Gasteiger partial charge in [-0.15, -0.1) is 0 Å². The van der Waals surface area contributed by atoms with Crippen LogP contribution in [-0.2, 0) is 4.79 Å². The van der Waals surface area contributed by atoms with E-state index in [1.165, 1.54) is 0 Å². The Kier molecular flexibility index (Phi) is 5.45. The summed E-state index contributed by atoms with van der Waals surface area (Å²) in [4.78, 5) is 27.5. The van der Waals surface area contributed by atoms with Crippen molar-refractivity contribution in [2.45, 2.75) is 50.7 Å². The molecule has 0 aromatic heterocycles. The number of hydrogen-bond donors (Lipinski definition) is 2. The molecule has 0 bridgehead atoms. The van der Waals surface area contributed by atoms with Gasteiger partial charge in [0.05, 0.1) is 12.1 Å². The SMILES string of the molecule is CN(C)C(=O)N1CCC(C(=O)N[C@H]2CCCC[C@@H]2O)CC1. The van der Waals surface area contributed by atoms with Gasteiger partial charge in [0.25, 0.3) is 0 Å². The van der Waals surface area contributed by atoms with Crippen LogP contribution in [0, 0.1) is 5.92 Å². The van der Waals surface area contributed by atoms with E-state index < -0.39 is 6.10 Å². The summed E-state index contributed by atoms with van der Waals surface area (Å²) < 4.78 is 0. The summed E-state index contributed by atoms with van der Waals surface area (Å²) in [5.74, 6) is 0.00300. The number of rotatable bonds is 2. The second-order valence-corrected chi connectivity index (χ2v) is 6.41. The van der Waals surface area contributed by atoms with Crippen molar-refractivity contribution in [2.24, 2.45) is 5.92 Å². The highest BCUT2D eigenvalue weighted by Gasteiger charge is 2.31. The minimum atomic E-state index is -0.405. The molecule has 2 fully saturated rings. The molecule has 21 heavy (non-hydrogen) atoms. The number of nitrogens with zero attached hydrogens (tertiary/aromatic N) is 2. The number of carbonyl (C=O) groups is 2. The molecule has 3 amide bonds. The predicted octanol–water partition coefficient (Wildman–Crippen LogP) is 0.800. The monoisotopic (exact) mass is 297 g/mol. The molecule has 1 aliphatic carbocycles. The third-order valence-electron chi connectivity index (χ3n) is 4.58. The number of aliphatic hydroxyl groups excluding tert-OH is 1. The number of likely N-dealkylation sites (tertiary alicyclic amines) is 1. The van der Waals surface area contributed by atoms with Crippen LogP contribution in [0.3, 0.4) is 0 Å². The minimum Gasteiger partial charge on any atom is -0.391 e. The summed E-state index contributed by atoms with van der Waals surface area (Å²) in [5.41, 5.74) is 0. The number of urea groups is 1. The number of hydrogen-bond acceptors (Lipinski definition) is 3. The van der Waals surface area contributed by atoms with Crippen molar-refractivity contribution in [1.29, 1.82) is 0 Å². The van der Waals surface area contributed by atoms with Crippen molar-refractivity contribution < 1.29 is 14.7 Å². The Morgan fingerprint density at radius 3 is 2.29 bits per heavy atom. The van der Waals surface area contributed by atoms with Gasteiger partial charge >= 0.3 is 6.03 Å². The van der Waals surface area contributed by atoms with Gasteiger partial charge in [0.1, 0.15) is 0 Å². The van der Waals surface area contributed by atoms with Crippen LogP contribution in [0.2, 0.25) is 0 Å². The quantitative estimate of drug-likeness (QED) is 0.792. The van der Waals surface area contributed by atoms with Crippen LogP contribution in [0.4, 0.5) is 4.79 Å². The minimum absolute atomic E-state index is 0.0107. The van der Waals surface area contributed by atoms with Gasteiger partial charge in [-0.05, 0) is 25.7 Å².